The van der Waals surface area contributed by atoms with E-state index in [1.54, 1.807) is 48.5 Å². The summed E-state index contributed by atoms with van der Waals surface area (Å²) in [5, 5.41) is 10.7. The number of anilines is 4. The summed E-state index contributed by atoms with van der Waals surface area (Å²) < 4.78 is 0. The number of carbonyl (C=O) groups is 3. The van der Waals surface area contributed by atoms with Crippen molar-refractivity contribution in [2.24, 2.45) is 0 Å². The van der Waals surface area contributed by atoms with E-state index in [0.717, 1.165) is 0 Å². The molecule has 0 fully saturated rings. The topological polar surface area (TPSA) is 99.3 Å². The van der Waals surface area contributed by atoms with Gasteiger partial charge in [-0.1, -0.05) is 0 Å². The number of nitrogens with one attached hydrogen (secondary N) is 4. The maximum Gasteiger partial charge on any atom is 0.323 e. The Balaban J connectivity index is 1.90. The Bertz CT molecular complexity index is 676. The van der Waals surface area contributed by atoms with Gasteiger partial charge in [-0.05, 0) is 48.5 Å². The second-order valence-electron chi connectivity index (χ2n) is 5.10. The molecule has 7 heteroatoms. The van der Waals surface area contributed by atoms with Crippen molar-refractivity contribution in [1.29, 1.82) is 0 Å². The van der Waals surface area contributed by atoms with Crippen LogP contribution in [0, 0.1) is 0 Å². The molecule has 0 aliphatic carbocycles. The minimum Gasteiger partial charge on any atom is -0.326 e. The summed E-state index contributed by atoms with van der Waals surface area (Å²) in [5.41, 5.74) is 2.50. The molecule has 0 aliphatic heterocycles. The van der Waals surface area contributed by atoms with Gasteiger partial charge in [0.2, 0.25) is 11.8 Å². The molecular weight excluding hydrogens is 308 g/mol. The number of urea groups is 1. The Morgan fingerprint density at radius 1 is 0.542 bits per heavy atom. The highest BCUT2D eigenvalue weighted by Gasteiger charge is 2.04. The van der Waals surface area contributed by atoms with Crippen molar-refractivity contribution >= 4 is 40.6 Å². The molecule has 4 amide bonds. The fourth-order valence-corrected chi connectivity index (χ4v) is 1.97. The van der Waals surface area contributed by atoms with E-state index in [9.17, 15) is 14.4 Å². The fraction of sp³-hybridized carbons (Fsp3) is 0.118. The molecule has 4 N–H and O–H groups in total. The van der Waals surface area contributed by atoms with Crippen LogP contribution in [0.25, 0.3) is 0 Å². The van der Waals surface area contributed by atoms with Gasteiger partial charge in [0.15, 0.2) is 0 Å². The molecule has 124 valence electrons. The SMILES string of the molecule is CC(=O)Nc1ccc(NC(=O)Nc2ccc(NC(C)=O)cc2)cc1. The standard InChI is InChI=1S/C17H18N4O3/c1-11(22)18-13-3-7-15(8-4-13)20-17(24)21-16-9-5-14(6-10-16)19-12(2)23/h3-10H,1-2H3,(H,18,22)(H,19,23)(H2,20,21,24). The van der Waals surface area contributed by atoms with Crippen LogP contribution in [-0.2, 0) is 9.59 Å². The van der Waals surface area contributed by atoms with E-state index >= 15 is 0 Å². The molecule has 0 unspecified atom stereocenters. The number of rotatable bonds is 4. The lowest BCUT2D eigenvalue weighted by Gasteiger charge is -2.09. The number of amides is 4. The van der Waals surface area contributed by atoms with Gasteiger partial charge in [0.05, 0.1) is 0 Å². The first-order valence-electron chi connectivity index (χ1n) is 7.26. The summed E-state index contributed by atoms with van der Waals surface area (Å²) >= 11 is 0. The minimum absolute atomic E-state index is 0.156. The number of carbonyl (C=O) groups excluding carboxylic acids is 3. The first-order chi connectivity index (χ1) is 11.4. The summed E-state index contributed by atoms with van der Waals surface area (Å²) in [4.78, 5) is 33.8. The van der Waals surface area contributed by atoms with Crippen LogP contribution in [0.5, 0.6) is 0 Å². The van der Waals surface area contributed by atoms with E-state index in [1.165, 1.54) is 13.8 Å². The number of hydrogen-bond acceptors (Lipinski definition) is 3. The van der Waals surface area contributed by atoms with Crippen molar-refractivity contribution in [3.05, 3.63) is 48.5 Å². The average Bonchev–Trinajstić information content (AvgIpc) is 2.50. The second kappa shape index (κ2) is 7.77. The quantitative estimate of drug-likeness (QED) is 0.694. The normalized spacial score (nSPS) is 9.75. The van der Waals surface area contributed by atoms with Gasteiger partial charge >= 0.3 is 6.03 Å². The lowest BCUT2D eigenvalue weighted by atomic mass is 10.2. The van der Waals surface area contributed by atoms with Crippen molar-refractivity contribution in [2.45, 2.75) is 13.8 Å². The maximum absolute atomic E-state index is 11.9. The van der Waals surface area contributed by atoms with Crippen LogP contribution in [0.3, 0.4) is 0 Å². The third-order valence-electron chi connectivity index (χ3n) is 2.93. The Hall–Kier alpha value is -3.35. The highest BCUT2D eigenvalue weighted by molar-refractivity contribution is 6.00. The summed E-state index contributed by atoms with van der Waals surface area (Å²) in [6.45, 7) is 2.85. The molecule has 0 spiro atoms. The first kappa shape index (κ1) is 17.0. The van der Waals surface area contributed by atoms with Gasteiger partial charge in [0, 0.05) is 36.6 Å². The number of hydrogen-bond donors (Lipinski definition) is 4. The highest BCUT2D eigenvalue weighted by atomic mass is 16.2. The summed E-state index contributed by atoms with van der Waals surface area (Å²) in [6.07, 6.45) is 0. The lowest BCUT2D eigenvalue weighted by molar-refractivity contribution is -0.115. The van der Waals surface area contributed by atoms with Crippen LogP contribution in [0.4, 0.5) is 27.5 Å². The van der Waals surface area contributed by atoms with Crippen LogP contribution in [0.1, 0.15) is 13.8 Å². The van der Waals surface area contributed by atoms with Gasteiger partial charge in [-0.2, -0.15) is 0 Å². The predicted molar refractivity (Wildman–Crippen MR) is 94.1 cm³/mol. The molecule has 2 rings (SSSR count). The van der Waals surface area contributed by atoms with E-state index in [0.29, 0.717) is 22.7 Å². The fourth-order valence-electron chi connectivity index (χ4n) is 1.97. The van der Waals surface area contributed by atoms with Crippen LogP contribution in [0.2, 0.25) is 0 Å². The van der Waals surface area contributed by atoms with Gasteiger partial charge in [0.25, 0.3) is 0 Å². The zero-order chi connectivity index (χ0) is 17.5. The molecule has 0 bridgehead atoms. The third-order valence-corrected chi connectivity index (χ3v) is 2.93. The smallest absolute Gasteiger partial charge is 0.323 e. The van der Waals surface area contributed by atoms with E-state index in [4.69, 9.17) is 0 Å². The summed E-state index contributed by atoms with van der Waals surface area (Å²) in [5.74, 6) is -0.313. The monoisotopic (exact) mass is 326 g/mol. The van der Waals surface area contributed by atoms with Gasteiger partial charge in [-0.3, -0.25) is 9.59 Å². The predicted octanol–water partition coefficient (Wildman–Crippen LogP) is 3.25. The molecule has 2 aromatic rings. The molecule has 0 radical (unpaired) electrons. The van der Waals surface area contributed by atoms with Gasteiger partial charge in [-0.25, -0.2) is 4.79 Å². The zero-order valence-corrected chi connectivity index (χ0v) is 13.3. The first-order valence-corrected chi connectivity index (χ1v) is 7.26. The van der Waals surface area contributed by atoms with Crippen LogP contribution in [-0.4, -0.2) is 17.8 Å². The van der Waals surface area contributed by atoms with Crippen molar-refractivity contribution < 1.29 is 14.4 Å². The Morgan fingerprint density at radius 2 is 0.792 bits per heavy atom. The molecule has 7 nitrogen and oxygen atoms in total. The highest BCUT2D eigenvalue weighted by Crippen LogP contribution is 2.16. The van der Waals surface area contributed by atoms with E-state index < -0.39 is 6.03 Å². The zero-order valence-electron chi connectivity index (χ0n) is 13.3. The largest absolute Gasteiger partial charge is 0.326 e. The van der Waals surface area contributed by atoms with Crippen LogP contribution < -0.4 is 21.3 Å². The Kier molecular flexibility index (Phi) is 5.51. The van der Waals surface area contributed by atoms with E-state index in [2.05, 4.69) is 21.3 Å². The van der Waals surface area contributed by atoms with Crippen molar-refractivity contribution in [2.75, 3.05) is 21.3 Å². The Morgan fingerprint density at radius 3 is 1.04 bits per heavy atom. The van der Waals surface area contributed by atoms with E-state index in [1.807, 2.05) is 0 Å². The molecule has 0 saturated heterocycles. The Labute approximate surface area is 139 Å². The molecule has 0 aliphatic rings. The lowest BCUT2D eigenvalue weighted by Crippen LogP contribution is -2.19. The molecule has 2 aromatic carbocycles. The summed E-state index contributed by atoms with van der Waals surface area (Å²) in [7, 11) is 0. The molecule has 0 heterocycles. The molecular formula is C17H18N4O3. The molecule has 24 heavy (non-hydrogen) atoms. The van der Waals surface area contributed by atoms with Crippen molar-refractivity contribution in [1.82, 2.24) is 0 Å². The average molecular weight is 326 g/mol. The third kappa shape index (κ3) is 5.45. The van der Waals surface area contributed by atoms with Crippen molar-refractivity contribution in [3.63, 3.8) is 0 Å². The maximum atomic E-state index is 11.9. The number of benzene rings is 2. The molecule has 0 aromatic heterocycles. The van der Waals surface area contributed by atoms with Gasteiger partial charge < -0.3 is 21.3 Å². The van der Waals surface area contributed by atoms with Gasteiger partial charge in [-0.15, -0.1) is 0 Å². The second-order valence-corrected chi connectivity index (χ2v) is 5.10. The van der Waals surface area contributed by atoms with Crippen molar-refractivity contribution in [3.8, 4) is 0 Å². The minimum atomic E-state index is -0.394. The molecule has 0 saturated carbocycles. The van der Waals surface area contributed by atoms with E-state index in [-0.39, 0.29) is 11.8 Å². The molecule has 0 atom stereocenters. The summed E-state index contributed by atoms with van der Waals surface area (Å²) in [6, 6.07) is 13.1. The van der Waals surface area contributed by atoms with Crippen LogP contribution in [0.15, 0.2) is 48.5 Å². The van der Waals surface area contributed by atoms with Gasteiger partial charge in [0.1, 0.15) is 0 Å². The van der Waals surface area contributed by atoms with Crippen LogP contribution >= 0.6 is 0 Å².